The number of rotatable bonds is 3. The summed E-state index contributed by atoms with van der Waals surface area (Å²) in [5.74, 6) is 1.35. The van der Waals surface area contributed by atoms with Gasteiger partial charge in [0.15, 0.2) is 0 Å². The number of carbonyl (C=O) groups is 2. The molecule has 5 nitrogen and oxygen atoms in total. The maximum absolute atomic E-state index is 12.8. The Labute approximate surface area is 128 Å². The van der Waals surface area contributed by atoms with Crippen molar-refractivity contribution in [2.75, 3.05) is 19.6 Å². The summed E-state index contributed by atoms with van der Waals surface area (Å²) in [5.41, 5.74) is 5.05. The predicted octanol–water partition coefficient (Wildman–Crippen LogP) is 0.932. The molecule has 1 fully saturated rings. The van der Waals surface area contributed by atoms with E-state index in [4.69, 9.17) is 6.42 Å². The van der Waals surface area contributed by atoms with E-state index in [2.05, 4.69) is 21.7 Å². The fraction of sp³-hybridized carbons (Fsp3) is 0.375. The van der Waals surface area contributed by atoms with E-state index in [0.29, 0.717) is 19.4 Å². The van der Waals surface area contributed by atoms with Crippen LogP contribution in [0.4, 0.5) is 4.39 Å². The van der Waals surface area contributed by atoms with Gasteiger partial charge in [-0.25, -0.2) is 4.39 Å². The molecule has 22 heavy (non-hydrogen) atoms. The third kappa shape index (κ3) is 4.30. The number of halogens is 1. The van der Waals surface area contributed by atoms with Gasteiger partial charge in [-0.05, 0) is 50.2 Å². The van der Waals surface area contributed by atoms with E-state index in [1.165, 1.54) is 24.3 Å². The van der Waals surface area contributed by atoms with E-state index in [1.807, 2.05) is 0 Å². The van der Waals surface area contributed by atoms with Crippen molar-refractivity contribution in [3.8, 4) is 12.3 Å². The number of nitrogens with one attached hydrogen (secondary N) is 2. The van der Waals surface area contributed by atoms with Gasteiger partial charge in [-0.1, -0.05) is 5.92 Å². The summed E-state index contributed by atoms with van der Waals surface area (Å²) in [6, 6.07) is 5.10. The molecule has 0 bridgehead atoms. The first-order valence-electron chi connectivity index (χ1n) is 7.11. The molecule has 0 unspecified atom stereocenters. The van der Waals surface area contributed by atoms with E-state index < -0.39 is 11.7 Å². The van der Waals surface area contributed by atoms with Crippen molar-refractivity contribution in [2.24, 2.45) is 5.92 Å². The number of likely N-dealkylation sites (tertiary alicyclic amines) is 1. The first-order chi connectivity index (χ1) is 10.6. The van der Waals surface area contributed by atoms with Crippen LogP contribution in [0.2, 0.25) is 0 Å². The molecule has 0 radical (unpaired) electrons. The van der Waals surface area contributed by atoms with E-state index in [9.17, 15) is 14.0 Å². The molecule has 0 aromatic heterocycles. The largest absolute Gasteiger partial charge is 0.292 e. The Morgan fingerprint density at radius 3 is 2.45 bits per heavy atom. The van der Waals surface area contributed by atoms with Gasteiger partial charge >= 0.3 is 0 Å². The minimum atomic E-state index is -0.474. The molecule has 0 atom stereocenters. The molecular weight excluding hydrogens is 285 g/mol. The van der Waals surface area contributed by atoms with Crippen LogP contribution in [0, 0.1) is 24.1 Å². The summed E-state index contributed by atoms with van der Waals surface area (Å²) in [4.78, 5) is 25.9. The zero-order chi connectivity index (χ0) is 15.9. The number of piperidine rings is 1. The molecule has 1 aliphatic rings. The van der Waals surface area contributed by atoms with Crippen LogP contribution in [0.5, 0.6) is 0 Å². The monoisotopic (exact) mass is 303 g/mol. The normalized spacial score (nSPS) is 15.8. The molecule has 2 N–H and O–H groups in total. The molecule has 2 rings (SSSR count). The maximum atomic E-state index is 12.8. The smallest absolute Gasteiger partial charge is 0.269 e. The predicted molar refractivity (Wildman–Crippen MR) is 80.0 cm³/mol. The number of nitrogens with zero attached hydrogens (tertiary/aromatic N) is 1. The van der Waals surface area contributed by atoms with Crippen molar-refractivity contribution in [2.45, 2.75) is 12.8 Å². The van der Waals surface area contributed by atoms with Crippen LogP contribution in [-0.2, 0) is 4.79 Å². The summed E-state index contributed by atoms with van der Waals surface area (Å²) in [6.07, 6.45) is 6.67. The minimum absolute atomic E-state index is 0.137. The number of amides is 2. The van der Waals surface area contributed by atoms with Crippen molar-refractivity contribution in [3.63, 3.8) is 0 Å². The number of hydrazine groups is 1. The average Bonchev–Trinajstić information content (AvgIpc) is 2.54. The Kier molecular flexibility index (Phi) is 5.50. The summed E-state index contributed by atoms with van der Waals surface area (Å²) >= 11 is 0. The van der Waals surface area contributed by atoms with E-state index in [-0.39, 0.29) is 17.4 Å². The summed E-state index contributed by atoms with van der Waals surface area (Å²) < 4.78 is 12.8. The zero-order valence-corrected chi connectivity index (χ0v) is 12.1. The topological polar surface area (TPSA) is 61.4 Å². The third-order valence-electron chi connectivity index (χ3n) is 3.68. The first-order valence-corrected chi connectivity index (χ1v) is 7.11. The van der Waals surface area contributed by atoms with Crippen molar-refractivity contribution < 1.29 is 14.0 Å². The highest BCUT2D eigenvalue weighted by molar-refractivity contribution is 5.95. The number of terminal acetylenes is 1. The standard InChI is InChI=1S/C16H18FN3O2/c1-2-9-20-10-7-13(8-11-20)16(22)19-18-15(21)12-3-5-14(17)6-4-12/h1,3-6,13H,7-11H2,(H,18,21)(H,19,22). The molecular formula is C16H18FN3O2. The van der Waals surface area contributed by atoms with Gasteiger partial charge in [-0.2, -0.15) is 0 Å². The lowest BCUT2D eigenvalue weighted by Crippen LogP contribution is -2.47. The van der Waals surface area contributed by atoms with Gasteiger partial charge in [0, 0.05) is 11.5 Å². The molecule has 1 aliphatic heterocycles. The van der Waals surface area contributed by atoms with Gasteiger partial charge in [-0.15, -0.1) is 6.42 Å². The van der Waals surface area contributed by atoms with Crippen molar-refractivity contribution in [1.29, 1.82) is 0 Å². The summed E-state index contributed by atoms with van der Waals surface area (Å²) in [7, 11) is 0. The zero-order valence-electron chi connectivity index (χ0n) is 12.1. The Morgan fingerprint density at radius 1 is 1.23 bits per heavy atom. The molecule has 1 aromatic rings. The molecule has 0 spiro atoms. The van der Waals surface area contributed by atoms with Gasteiger partial charge in [0.05, 0.1) is 6.54 Å². The van der Waals surface area contributed by atoms with Crippen LogP contribution in [0.25, 0.3) is 0 Å². The molecule has 0 saturated carbocycles. The number of benzene rings is 1. The average molecular weight is 303 g/mol. The molecule has 2 amide bonds. The van der Waals surface area contributed by atoms with Crippen molar-refractivity contribution >= 4 is 11.8 Å². The highest BCUT2D eigenvalue weighted by atomic mass is 19.1. The highest BCUT2D eigenvalue weighted by Crippen LogP contribution is 2.16. The van der Waals surface area contributed by atoms with Gasteiger partial charge < -0.3 is 0 Å². The fourth-order valence-corrected chi connectivity index (χ4v) is 2.38. The van der Waals surface area contributed by atoms with Crippen LogP contribution in [0.15, 0.2) is 24.3 Å². The number of carbonyl (C=O) groups excluding carboxylic acids is 2. The molecule has 6 heteroatoms. The van der Waals surface area contributed by atoms with Crippen LogP contribution in [-0.4, -0.2) is 36.3 Å². The van der Waals surface area contributed by atoms with E-state index >= 15 is 0 Å². The summed E-state index contributed by atoms with van der Waals surface area (Å²) in [5, 5.41) is 0. The second-order valence-electron chi connectivity index (χ2n) is 5.20. The van der Waals surface area contributed by atoms with Crippen molar-refractivity contribution in [3.05, 3.63) is 35.6 Å². The fourth-order valence-electron chi connectivity index (χ4n) is 2.38. The Hall–Kier alpha value is -2.39. The lowest BCUT2D eigenvalue weighted by atomic mass is 9.96. The quantitative estimate of drug-likeness (QED) is 0.645. The minimum Gasteiger partial charge on any atom is -0.292 e. The van der Waals surface area contributed by atoms with Gasteiger partial charge in [0.1, 0.15) is 5.82 Å². The van der Waals surface area contributed by atoms with Crippen LogP contribution < -0.4 is 10.9 Å². The van der Waals surface area contributed by atoms with Crippen LogP contribution in [0.1, 0.15) is 23.2 Å². The van der Waals surface area contributed by atoms with E-state index in [0.717, 1.165) is 13.1 Å². The maximum Gasteiger partial charge on any atom is 0.269 e. The Bertz CT molecular complexity index is 572. The van der Waals surface area contributed by atoms with E-state index in [1.54, 1.807) is 0 Å². The molecule has 1 heterocycles. The highest BCUT2D eigenvalue weighted by Gasteiger charge is 2.24. The van der Waals surface area contributed by atoms with Crippen LogP contribution in [0.3, 0.4) is 0 Å². The SMILES string of the molecule is C#CCN1CCC(C(=O)NNC(=O)c2ccc(F)cc2)CC1. The lowest BCUT2D eigenvalue weighted by Gasteiger charge is -2.29. The second kappa shape index (κ2) is 7.57. The van der Waals surface area contributed by atoms with Crippen molar-refractivity contribution in [1.82, 2.24) is 15.8 Å². The van der Waals surface area contributed by atoms with Crippen LogP contribution >= 0.6 is 0 Å². The number of hydrogen-bond donors (Lipinski definition) is 2. The molecule has 116 valence electrons. The first kappa shape index (κ1) is 16.0. The van der Waals surface area contributed by atoms with Gasteiger partial charge in [0.2, 0.25) is 5.91 Å². The molecule has 1 aromatic carbocycles. The Balaban J connectivity index is 1.77. The number of hydrogen-bond acceptors (Lipinski definition) is 3. The third-order valence-corrected chi connectivity index (χ3v) is 3.68. The van der Waals surface area contributed by atoms with Gasteiger partial charge in [-0.3, -0.25) is 25.3 Å². The second-order valence-corrected chi connectivity index (χ2v) is 5.20. The Morgan fingerprint density at radius 2 is 1.86 bits per heavy atom. The lowest BCUT2D eigenvalue weighted by molar-refractivity contribution is -0.127. The van der Waals surface area contributed by atoms with Gasteiger partial charge in [0.25, 0.3) is 5.91 Å². The molecule has 0 aliphatic carbocycles. The molecule has 1 saturated heterocycles. The summed E-state index contributed by atoms with van der Waals surface area (Å²) in [6.45, 7) is 2.14.